The van der Waals surface area contributed by atoms with Crippen molar-refractivity contribution in [3.05, 3.63) is 35.4 Å². The van der Waals surface area contributed by atoms with Crippen molar-refractivity contribution in [2.24, 2.45) is 0 Å². The molecule has 0 heterocycles. The van der Waals surface area contributed by atoms with E-state index in [0.717, 1.165) is 18.2 Å². The Balaban J connectivity index is 2.91. The molecule has 1 atom stereocenters. The van der Waals surface area contributed by atoms with Crippen LogP contribution in [0.4, 0.5) is 8.78 Å². The molecule has 0 aliphatic carbocycles. The molecule has 1 unspecified atom stereocenters. The minimum Gasteiger partial charge on any atom is -0.387 e. The van der Waals surface area contributed by atoms with E-state index in [1.165, 1.54) is 11.8 Å². The van der Waals surface area contributed by atoms with Gasteiger partial charge in [-0.05, 0) is 24.5 Å². The van der Waals surface area contributed by atoms with Crippen LogP contribution in [0.2, 0.25) is 0 Å². The quantitative estimate of drug-likeness (QED) is 0.815. The second kappa shape index (κ2) is 4.58. The van der Waals surface area contributed by atoms with Crippen LogP contribution >= 0.6 is 11.8 Å². The molecule has 0 aromatic heterocycles. The molecule has 0 saturated carbocycles. The zero-order valence-electron chi connectivity index (χ0n) is 7.13. The van der Waals surface area contributed by atoms with Crippen molar-refractivity contribution < 1.29 is 13.9 Å². The van der Waals surface area contributed by atoms with Crippen molar-refractivity contribution in [2.45, 2.75) is 6.10 Å². The summed E-state index contributed by atoms with van der Waals surface area (Å²) in [5.41, 5.74) is 0.0225. The van der Waals surface area contributed by atoms with Gasteiger partial charge in [-0.25, -0.2) is 8.78 Å². The highest BCUT2D eigenvalue weighted by molar-refractivity contribution is 7.98. The smallest absolute Gasteiger partial charge is 0.129 e. The van der Waals surface area contributed by atoms with Crippen LogP contribution in [0.25, 0.3) is 0 Å². The standard InChI is InChI=1S/C9H10F2OS/c1-13-5-9(12)7-4-6(10)2-3-8(7)11/h2-4,9,12H,5H2,1H3. The molecule has 0 amide bonds. The minimum atomic E-state index is -0.939. The van der Waals surface area contributed by atoms with Gasteiger partial charge in [0.1, 0.15) is 11.6 Å². The summed E-state index contributed by atoms with van der Waals surface area (Å²) in [4.78, 5) is 0. The van der Waals surface area contributed by atoms with Crippen molar-refractivity contribution in [3.8, 4) is 0 Å². The van der Waals surface area contributed by atoms with Crippen molar-refractivity contribution >= 4 is 11.8 Å². The number of aliphatic hydroxyl groups excluding tert-OH is 1. The largest absolute Gasteiger partial charge is 0.387 e. The fourth-order valence-corrected chi connectivity index (χ4v) is 1.51. The summed E-state index contributed by atoms with van der Waals surface area (Å²) in [6.45, 7) is 0. The number of hydrogen-bond acceptors (Lipinski definition) is 2. The van der Waals surface area contributed by atoms with Crippen molar-refractivity contribution in [1.82, 2.24) is 0 Å². The van der Waals surface area contributed by atoms with Gasteiger partial charge in [0.25, 0.3) is 0 Å². The number of aliphatic hydroxyl groups is 1. The van der Waals surface area contributed by atoms with E-state index in [1.807, 2.05) is 0 Å². The molecule has 1 aromatic carbocycles. The summed E-state index contributed by atoms with van der Waals surface area (Å²) in [6, 6.07) is 3.08. The van der Waals surface area contributed by atoms with Crippen LogP contribution in [-0.4, -0.2) is 17.1 Å². The fraction of sp³-hybridized carbons (Fsp3) is 0.333. The topological polar surface area (TPSA) is 20.2 Å². The maximum absolute atomic E-state index is 13.0. The first-order valence-electron chi connectivity index (χ1n) is 3.77. The third kappa shape index (κ3) is 2.67. The number of thioether (sulfide) groups is 1. The molecule has 0 aliphatic rings. The van der Waals surface area contributed by atoms with Gasteiger partial charge < -0.3 is 5.11 Å². The summed E-state index contributed by atoms with van der Waals surface area (Å²) in [5.74, 6) is -0.736. The highest BCUT2D eigenvalue weighted by Gasteiger charge is 2.12. The summed E-state index contributed by atoms with van der Waals surface area (Å²) >= 11 is 1.38. The van der Waals surface area contributed by atoms with E-state index in [2.05, 4.69) is 0 Å². The number of rotatable bonds is 3. The van der Waals surface area contributed by atoms with Crippen LogP contribution in [0.15, 0.2) is 18.2 Å². The molecule has 1 aromatic rings. The molecule has 0 saturated heterocycles. The minimum absolute atomic E-state index is 0.0225. The Morgan fingerprint density at radius 2 is 2.15 bits per heavy atom. The van der Waals surface area contributed by atoms with Gasteiger partial charge in [-0.3, -0.25) is 0 Å². The summed E-state index contributed by atoms with van der Waals surface area (Å²) in [6.07, 6.45) is 0.853. The second-order valence-electron chi connectivity index (χ2n) is 2.64. The van der Waals surface area contributed by atoms with E-state index >= 15 is 0 Å². The molecule has 13 heavy (non-hydrogen) atoms. The van der Waals surface area contributed by atoms with E-state index in [4.69, 9.17) is 0 Å². The third-order valence-electron chi connectivity index (χ3n) is 1.64. The lowest BCUT2D eigenvalue weighted by Crippen LogP contribution is -2.03. The lowest BCUT2D eigenvalue weighted by atomic mass is 10.1. The van der Waals surface area contributed by atoms with E-state index in [0.29, 0.717) is 5.75 Å². The lowest BCUT2D eigenvalue weighted by molar-refractivity contribution is 0.198. The number of halogens is 2. The van der Waals surface area contributed by atoms with Gasteiger partial charge in [0.15, 0.2) is 0 Å². The summed E-state index contributed by atoms with van der Waals surface area (Å²) in [5, 5.41) is 9.40. The Morgan fingerprint density at radius 1 is 1.46 bits per heavy atom. The van der Waals surface area contributed by atoms with Gasteiger partial charge >= 0.3 is 0 Å². The van der Waals surface area contributed by atoms with Gasteiger partial charge in [-0.1, -0.05) is 0 Å². The van der Waals surface area contributed by atoms with Crippen molar-refractivity contribution in [2.75, 3.05) is 12.0 Å². The van der Waals surface area contributed by atoms with Crippen LogP contribution < -0.4 is 0 Å². The average Bonchev–Trinajstić information content (AvgIpc) is 2.09. The molecule has 0 radical (unpaired) electrons. The second-order valence-corrected chi connectivity index (χ2v) is 3.55. The Bertz CT molecular complexity index is 291. The highest BCUT2D eigenvalue weighted by atomic mass is 32.2. The molecule has 0 bridgehead atoms. The Kier molecular flexibility index (Phi) is 3.69. The Hall–Kier alpha value is -0.610. The van der Waals surface area contributed by atoms with Gasteiger partial charge in [0, 0.05) is 11.3 Å². The Morgan fingerprint density at radius 3 is 2.77 bits per heavy atom. The SMILES string of the molecule is CSCC(O)c1cc(F)ccc1F. The molecule has 0 aliphatic heterocycles. The zero-order valence-corrected chi connectivity index (χ0v) is 7.94. The van der Waals surface area contributed by atoms with Gasteiger partial charge in [0.05, 0.1) is 6.10 Å². The molecule has 4 heteroatoms. The normalized spacial score (nSPS) is 12.9. The van der Waals surface area contributed by atoms with Gasteiger partial charge in [-0.15, -0.1) is 0 Å². The van der Waals surface area contributed by atoms with E-state index in [1.54, 1.807) is 6.26 Å². The predicted molar refractivity (Wildman–Crippen MR) is 49.7 cm³/mol. The van der Waals surface area contributed by atoms with Crippen LogP contribution in [-0.2, 0) is 0 Å². The van der Waals surface area contributed by atoms with Crippen LogP contribution in [0.1, 0.15) is 11.7 Å². The molecule has 1 nitrogen and oxygen atoms in total. The molecular formula is C9H10F2OS. The van der Waals surface area contributed by atoms with Gasteiger partial charge in [-0.2, -0.15) is 11.8 Å². The first kappa shape index (κ1) is 10.5. The van der Waals surface area contributed by atoms with Crippen molar-refractivity contribution in [1.29, 1.82) is 0 Å². The number of hydrogen-bond donors (Lipinski definition) is 1. The highest BCUT2D eigenvalue weighted by Crippen LogP contribution is 2.20. The fourth-order valence-electron chi connectivity index (χ4n) is 1.02. The average molecular weight is 204 g/mol. The van der Waals surface area contributed by atoms with Crippen LogP contribution in [0.3, 0.4) is 0 Å². The summed E-state index contributed by atoms with van der Waals surface area (Å²) in [7, 11) is 0. The number of benzene rings is 1. The molecule has 72 valence electrons. The monoisotopic (exact) mass is 204 g/mol. The predicted octanol–water partition coefficient (Wildman–Crippen LogP) is 2.36. The maximum Gasteiger partial charge on any atom is 0.129 e. The first-order chi connectivity index (χ1) is 6.15. The van der Waals surface area contributed by atoms with Gasteiger partial charge in [0.2, 0.25) is 0 Å². The molecule has 0 fully saturated rings. The molecule has 1 rings (SSSR count). The van der Waals surface area contributed by atoms with Crippen LogP contribution in [0, 0.1) is 11.6 Å². The van der Waals surface area contributed by atoms with E-state index in [9.17, 15) is 13.9 Å². The maximum atomic E-state index is 13.0. The molecule has 0 spiro atoms. The lowest BCUT2D eigenvalue weighted by Gasteiger charge is -2.09. The van der Waals surface area contributed by atoms with Crippen LogP contribution in [0.5, 0.6) is 0 Å². The Labute approximate surface area is 79.8 Å². The summed E-state index contributed by atoms with van der Waals surface area (Å²) < 4.78 is 25.7. The zero-order chi connectivity index (χ0) is 9.84. The molecular weight excluding hydrogens is 194 g/mol. The molecule has 1 N–H and O–H groups in total. The van der Waals surface area contributed by atoms with Crippen molar-refractivity contribution in [3.63, 3.8) is 0 Å². The third-order valence-corrected chi connectivity index (χ3v) is 2.29. The van der Waals surface area contributed by atoms with E-state index in [-0.39, 0.29) is 5.56 Å². The first-order valence-corrected chi connectivity index (χ1v) is 5.16. The van der Waals surface area contributed by atoms with E-state index < -0.39 is 17.7 Å².